The van der Waals surface area contributed by atoms with Crippen LogP contribution in [0.5, 0.6) is 0 Å². The molecule has 2 aromatic rings. The van der Waals surface area contributed by atoms with Crippen LogP contribution in [0, 0.1) is 11.3 Å². The number of nitriles is 1. The normalized spacial score (nSPS) is 24.0. The van der Waals surface area contributed by atoms with E-state index in [0.29, 0.717) is 34.4 Å². The first-order valence-corrected chi connectivity index (χ1v) is 10.8. The van der Waals surface area contributed by atoms with Crippen molar-refractivity contribution in [2.75, 3.05) is 25.0 Å². The van der Waals surface area contributed by atoms with Crippen molar-refractivity contribution >= 4 is 40.8 Å². The lowest BCUT2D eigenvalue weighted by molar-refractivity contribution is -0.124. The summed E-state index contributed by atoms with van der Waals surface area (Å²) in [5, 5.41) is 9.85. The summed E-state index contributed by atoms with van der Waals surface area (Å²) >= 11 is 12.3. The summed E-state index contributed by atoms with van der Waals surface area (Å²) in [4.78, 5) is 32.2. The highest BCUT2D eigenvalue weighted by molar-refractivity contribution is 6.35. The molecule has 2 aliphatic rings. The van der Waals surface area contributed by atoms with E-state index in [2.05, 4.69) is 24.8 Å². The van der Waals surface area contributed by atoms with Gasteiger partial charge in [0.1, 0.15) is 5.54 Å². The number of hydrogen-bond acceptors (Lipinski definition) is 4. The molecule has 0 unspecified atom stereocenters. The van der Waals surface area contributed by atoms with Gasteiger partial charge in [-0.15, -0.1) is 0 Å². The van der Waals surface area contributed by atoms with Gasteiger partial charge in [-0.3, -0.25) is 9.69 Å². The van der Waals surface area contributed by atoms with E-state index in [1.54, 1.807) is 42.3 Å². The van der Waals surface area contributed by atoms with Crippen molar-refractivity contribution in [3.63, 3.8) is 0 Å². The van der Waals surface area contributed by atoms with E-state index >= 15 is 0 Å². The summed E-state index contributed by atoms with van der Waals surface area (Å²) < 4.78 is 0. The second-order valence-electron chi connectivity index (χ2n) is 8.34. The number of hydrogen-bond donors (Lipinski definition) is 0. The summed E-state index contributed by atoms with van der Waals surface area (Å²) in [5.74, 6) is -0.542. The van der Waals surface area contributed by atoms with Crippen LogP contribution in [-0.4, -0.2) is 53.5 Å². The summed E-state index contributed by atoms with van der Waals surface area (Å²) in [6.07, 6.45) is 0. The lowest BCUT2D eigenvalue weighted by Crippen LogP contribution is -2.54. The predicted molar refractivity (Wildman–Crippen MR) is 120 cm³/mol. The van der Waals surface area contributed by atoms with Crippen LogP contribution in [-0.2, 0) is 4.79 Å². The standard InChI is InChI=1S/C23H22Cl2N4O2/c1-14(2)28-12-20(16-6-4-15(11-26)5-7-16)23(13-28)21(30)29(22(31)27(23)3)19-9-17(24)8-18(25)10-19/h4-10,14,20H,12-13H2,1-3H3/t20-,23+/m0/s1. The van der Waals surface area contributed by atoms with Gasteiger partial charge in [0.05, 0.1) is 17.3 Å². The molecule has 0 aromatic heterocycles. The Morgan fingerprint density at radius 1 is 1.10 bits per heavy atom. The monoisotopic (exact) mass is 456 g/mol. The molecule has 2 atom stereocenters. The molecule has 2 aliphatic heterocycles. The highest BCUT2D eigenvalue weighted by Gasteiger charge is 2.64. The maximum Gasteiger partial charge on any atom is 0.332 e. The van der Waals surface area contributed by atoms with Gasteiger partial charge < -0.3 is 4.90 Å². The number of carbonyl (C=O) groups excluding carboxylic acids is 2. The molecule has 1 spiro atoms. The lowest BCUT2D eigenvalue weighted by atomic mass is 9.80. The van der Waals surface area contributed by atoms with Crippen LogP contribution in [0.1, 0.15) is 30.9 Å². The van der Waals surface area contributed by atoms with E-state index in [9.17, 15) is 9.59 Å². The minimum atomic E-state index is -1.07. The fourth-order valence-electron chi connectivity index (χ4n) is 4.63. The quantitative estimate of drug-likeness (QED) is 0.637. The fraction of sp³-hybridized carbons (Fsp3) is 0.348. The summed E-state index contributed by atoms with van der Waals surface area (Å²) in [7, 11) is 1.67. The number of likely N-dealkylation sites (N-methyl/N-ethyl adjacent to an activating group) is 1. The van der Waals surface area contributed by atoms with Crippen LogP contribution in [0.2, 0.25) is 10.0 Å². The number of urea groups is 1. The zero-order valence-electron chi connectivity index (χ0n) is 17.5. The first-order chi connectivity index (χ1) is 14.7. The molecule has 0 aliphatic carbocycles. The third kappa shape index (κ3) is 3.38. The molecule has 2 saturated heterocycles. The molecule has 4 rings (SSSR count). The van der Waals surface area contributed by atoms with Crippen molar-refractivity contribution in [1.82, 2.24) is 9.80 Å². The molecule has 8 heteroatoms. The van der Waals surface area contributed by atoms with Gasteiger partial charge in [-0.1, -0.05) is 35.3 Å². The Morgan fingerprint density at radius 2 is 1.71 bits per heavy atom. The second-order valence-corrected chi connectivity index (χ2v) is 9.22. The Hall–Kier alpha value is -2.59. The molecule has 6 nitrogen and oxygen atoms in total. The zero-order valence-corrected chi connectivity index (χ0v) is 19.0. The number of anilines is 1. The van der Waals surface area contributed by atoms with Crippen LogP contribution in [0.3, 0.4) is 0 Å². The summed E-state index contributed by atoms with van der Waals surface area (Å²) in [5.41, 5.74) is 0.762. The topological polar surface area (TPSA) is 67.6 Å². The van der Waals surface area contributed by atoms with Gasteiger partial charge in [-0.25, -0.2) is 9.69 Å². The van der Waals surface area contributed by atoms with Crippen molar-refractivity contribution in [2.45, 2.75) is 31.3 Å². The SMILES string of the molecule is CC(C)N1C[C@@H](c2ccc(C#N)cc2)[C@]2(C1)C(=O)N(c1cc(Cl)cc(Cl)c1)C(=O)N2C. The van der Waals surface area contributed by atoms with E-state index in [-0.39, 0.29) is 17.9 Å². The first-order valence-electron chi connectivity index (χ1n) is 10.0. The van der Waals surface area contributed by atoms with E-state index in [1.807, 2.05) is 12.1 Å². The molecule has 2 fully saturated rings. The maximum absolute atomic E-state index is 13.9. The average molecular weight is 457 g/mol. The van der Waals surface area contributed by atoms with Crippen molar-refractivity contribution < 1.29 is 9.59 Å². The van der Waals surface area contributed by atoms with Gasteiger partial charge in [0, 0.05) is 42.1 Å². The number of imide groups is 1. The number of likely N-dealkylation sites (tertiary alicyclic amines) is 1. The van der Waals surface area contributed by atoms with Crippen LogP contribution in [0.4, 0.5) is 10.5 Å². The molecule has 3 amide bonds. The van der Waals surface area contributed by atoms with E-state index in [1.165, 1.54) is 4.90 Å². The van der Waals surface area contributed by atoms with Crippen molar-refractivity contribution in [3.05, 3.63) is 63.6 Å². The minimum absolute atomic E-state index is 0.200. The van der Waals surface area contributed by atoms with E-state index in [0.717, 1.165) is 5.56 Å². The summed E-state index contributed by atoms with van der Waals surface area (Å²) in [6.45, 7) is 5.19. The Kier molecular flexibility index (Phi) is 5.47. The number of nitrogens with zero attached hydrogens (tertiary/aromatic N) is 4. The fourth-order valence-corrected chi connectivity index (χ4v) is 5.15. The molecule has 31 heavy (non-hydrogen) atoms. The van der Waals surface area contributed by atoms with Crippen LogP contribution in [0.25, 0.3) is 0 Å². The molecule has 2 heterocycles. The van der Waals surface area contributed by atoms with E-state index in [4.69, 9.17) is 28.5 Å². The Bertz CT molecular complexity index is 1080. The average Bonchev–Trinajstić information content (AvgIpc) is 3.21. The van der Waals surface area contributed by atoms with E-state index < -0.39 is 11.6 Å². The smallest absolute Gasteiger partial charge is 0.310 e. The zero-order chi connectivity index (χ0) is 22.5. The summed E-state index contributed by atoms with van der Waals surface area (Å²) in [6, 6.07) is 13.9. The van der Waals surface area contributed by atoms with Crippen LogP contribution < -0.4 is 4.90 Å². The van der Waals surface area contributed by atoms with Gasteiger partial charge in [-0.2, -0.15) is 5.26 Å². The molecule has 0 radical (unpaired) electrons. The van der Waals surface area contributed by atoms with Crippen LogP contribution >= 0.6 is 23.2 Å². The Labute approximate surface area is 191 Å². The number of benzene rings is 2. The molecular formula is C23H22Cl2N4O2. The molecule has 0 saturated carbocycles. The largest absolute Gasteiger partial charge is 0.332 e. The first kappa shape index (κ1) is 21.6. The van der Waals surface area contributed by atoms with Gasteiger partial charge in [-0.05, 0) is 49.7 Å². The Balaban J connectivity index is 1.83. The maximum atomic E-state index is 13.9. The number of rotatable bonds is 3. The molecular weight excluding hydrogens is 435 g/mol. The van der Waals surface area contributed by atoms with Crippen molar-refractivity contribution in [2.24, 2.45) is 0 Å². The Morgan fingerprint density at radius 3 is 2.26 bits per heavy atom. The van der Waals surface area contributed by atoms with Gasteiger partial charge in [0.2, 0.25) is 0 Å². The predicted octanol–water partition coefficient (Wildman–Crippen LogP) is 4.51. The van der Waals surface area contributed by atoms with Crippen molar-refractivity contribution in [3.8, 4) is 6.07 Å². The molecule has 0 bridgehead atoms. The second kappa shape index (κ2) is 7.83. The molecule has 160 valence electrons. The number of amides is 3. The molecule has 2 aromatic carbocycles. The molecule has 0 N–H and O–H groups in total. The third-order valence-electron chi connectivity index (χ3n) is 6.37. The van der Waals surface area contributed by atoms with Crippen LogP contribution in [0.15, 0.2) is 42.5 Å². The lowest BCUT2D eigenvalue weighted by Gasteiger charge is -2.34. The van der Waals surface area contributed by atoms with Gasteiger partial charge in [0.25, 0.3) is 5.91 Å². The highest BCUT2D eigenvalue weighted by Crippen LogP contribution is 2.47. The third-order valence-corrected chi connectivity index (χ3v) is 6.80. The van der Waals surface area contributed by atoms with Gasteiger partial charge >= 0.3 is 6.03 Å². The van der Waals surface area contributed by atoms with Crippen molar-refractivity contribution in [1.29, 1.82) is 5.26 Å². The highest BCUT2D eigenvalue weighted by atomic mass is 35.5. The number of halogens is 2. The minimum Gasteiger partial charge on any atom is -0.310 e. The van der Waals surface area contributed by atoms with Gasteiger partial charge in [0.15, 0.2) is 0 Å². The number of carbonyl (C=O) groups is 2.